The molecule has 21 heavy (non-hydrogen) atoms. The number of benzene rings is 1. The van der Waals surface area contributed by atoms with Gasteiger partial charge in [0.1, 0.15) is 6.73 Å². The van der Waals surface area contributed by atoms with Crippen molar-refractivity contribution in [2.24, 2.45) is 0 Å². The summed E-state index contributed by atoms with van der Waals surface area (Å²) in [5, 5.41) is 0. The summed E-state index contributed by atoms with van der Waals surface area (Å²) in [4.78, 5) is 0. The Morgan fingerprint density at radius 3 is 2.67 bits per heavy atom. The second kappa shape index (κ2) is 5.90. The first kappa shape index (κ1) is 16.8. The fourth-order valence-electron chi connectivity index (χ4n) is 2.13. The Labute approximate surface area is 135 Å². The average Bonchev–Trinajstić information content (AvgIpc) is 2.61. The van der Waals surface area contributed by atoms with Crippen LogP contribution in [0.15, 0.2) is 16.6 Å². The Morgan fingerprint density at radius 2 is 2.05 bits per heavy atom. The third kappa shape index (κ3) is 3.80. The van der Waals surface area contributed by atoms with Crippen LogP contribution in [-0.4, -0.2) is 29.8 Å². The lowest BCUT2D eigenvalue weighted by molar-refractivity contribution is 0.157. The highest BCUT2D eigenvalue weighted by Crippen LogP contribution is 2.42. The van der Waals surface area contributed by atoms with Crippen LogP contribution in [-0.2, 0) is 20.5 Å². The van der Waals surface area contributed by atoms with E-state index in [0.29, 0.717) is 23.5 Å². The maximum Gasteiger partial charge on any atom is 0.241 e. The topological polar surface area (TPSA) is 72.6 Å². The van der Waals surface area contributed by atoms with Crippen LogP contribution in [0.3, 0.4) is 0 Å². The summed E-state index contributed by atoms with van der Waals surface area (Å²) in [5.41, 5.74) is 7.68. The van der Waals surface area contributed by atoms with Crippen LogP contribution in [0.2, 0.25) is 25.7 Å². The number of sulfonamides is 1. The number of hydrogen-bond acceptors (Lipinski definition) is 4. The number of halogens is 1. The van der Waals surface area contributed by atoms with Crippen molar-refractivity contribution in [2.45, 2.75) is 31.4 Å². The Balaban J connectivity index is 2.15. The monoisotopic (exact) mass is 392 g/mol. The smallest absolute Gasteiger partial charge is 0.241 e. The Hall–Kier alpha value is -0.573. The number of anilines is 2. The first-order valence-electron chi connectivity index (χ1n) is 6.77. The third-order valence-electron chi connectivity index (χ3n) is 3.37. The number of nitrogens with zero attached hydrogens (tertiary/aromatic N) is 1. The Bertz CT molecular complexity index is 644. The molecule has 8 heteroatoms. The molecule has 1 aliphatic heterocycles. The molecule has 0 bridgehead atoms. The summed E-state index contributed by atoms with van der Waals surface area (Å²) in [6.07, 6.45) is 0. The van der Waals surface area contributed by atoms with Crippen LogP contribution >= 0.6 is 15.9 Å². The fraction of sp³-hybridized carbons (Fsp3) is 0.538. The molecular weight excluding hydrogens is 372 g/mol. The van der Waals surface area contributed by atoms with Gasteiger partial charge >= 0.3 is 0 Å². The summed E-state index contributed by atoms with van der Waals surface area (Å²) in [7, 11) is -4.58. The summed E-state index contributed by atoms with van der Waals surface area (Å²) in [6.45, 7) is 7.37. The Morgan fingerprint density at radius 1 is 1.38 bits per heavy atom. The van der Waals surface area contributed by atoms with E-state index in [4.69, 9.17) is 10.5 Å². The van der Waals surface area contributed by atoms with Crippen LogP contribution in [0.5, 0.6) is 0 Å². The minimum Gasteiger partial charge on any atom is -0.397 e. The highest BCUT2D eigenvalue weighted by molar-refractivity contribution is 9.10. The highest BCUT2D eigenvalue weighted by atomic mass is 79.9. The normalized spacial score (nSPS) is 17.0. The third-order valence-corrected chi connectivity index (χ3v) is 7.43. The fourth-order valence-corrected chi connectivity index (χ4v) is 5.08. The van der Waals surface area contributed by atoms with E-state index in [2.05, 4.69) is 35.6 Å². The number of nitrogens with two attached hydrogens (primary N) is 1. The van der Waals surface area contributed by atoms with Crippen LogP contribution in [0.4, 0.5) is 11.4 Å². The first-order valence-corrected chi connectivity index (χ1v) is 12.9. The summed E-state index contributed by atoms with van der Waals surface area (Å²) < 4.78 is 32.2. The van der Waals surface area contributed by atoms with Gasteiger partial charge in [0.25, 0.3) is 0 Å². The number of hydrogen-bond donors (Lipinski definition) is 1. The van der Waals surface area contributed by atoms with Crippen molar-refractivity contribution < 1.29 is 13.2 Å². The molecule has 1 aromatic carbocycles. The number of nitrogen functional groups attached to an aromatic ring is 1. The van der Waals surface area contributed by atoms with Gasteiger partial charge in [-0.1, -0.05) is 35.6 Å². The molecule has 0 unspecified atom stereocenters. The predicted octanol–water partition coefficient (Wildman–Crippen LogP) is 2.99. The van der Waals surface area contributed by atoms with E-state index in [0.717, 1.165) is 10.5 Å². The van der Waals surface area contributed by atoms with Gasteiger partial charge in [0.05, 0.1) is 17.1 Å². The molecule has 0 spiro atoms. The van der Waals surface area contributed by atoms with E-state index in [1.165, 1.54) is 4.31 Å². The summed E-state index contributed by atoms with van der Waals surface area (Å²) in [6, 6.07) is 4.49. The quantitative estimate of drug-likeness (QED) is 0.474. The van der Waals surface area contributed by atoms with Gasteiger partial charge in [-0.05, 0) is 18.2 Å². The van der Waals surface area contributed by atoms with E-state index in [9.17, 15) is 8.42 Å². The number of rotatable bonds is 5. The van der Waals surface area contributed by atoms with Crippen molar-refractivity contribution in [3.05, 3.63) is 22.2 Å². The molecule has 0 radical (unpaired) electrons. The zero-order valence-electron chi connectivity index (χ0n) is 12.5. The van der Waals surface area contributed by atoms with Gasteiger partial charge in [-0.2, -0.15) is 0 Å². The van der Waals surface area contributed by atoms with Gasteiger partial charge < -0.3 is 10.5 Å². The van der Waals surface area contributed by atoms with Crippen LogP contribution in [0.25, 0.3) is 0 Å². The van der Waals surface area contributed by atoms with Crippen molar-refractivity contribution in [3.8, 4) is 0 Å². The van der Waals surface area contributed by atoms with Gasteiger partial charge in [-0.25, -0.2) is 12.7 Å². The van der Waals surface area contributed by atoms with E-state index in [-0.39, 0.29) is 12.5 Å². The zero-order chi connectivity index (χ0) is 15.8. The SMILES string of the molecule is C[Si](C)(C)CCOCN1c2c(N)ccc(Br)c2CS1(=O)=O. The second-order valence-corrected chi connectivity index (χ2v) is 14.8. The van der Waals surface area contributed by atoms with E-state index in [1.54, 1.807) is 12.1 Å². The lowest BCUT2D eigenvalue weighted by Gasteiger charge is -2.21. The average molecular weight is 393 g/mol. The van der Waals surface area contributed by atoms with Gasteiger partial charge in [-0.3, -0.25) is 0 Å². The van der Waals surface area contributed by atoms with Crippen molar-refractivity contribution in [1.82, 2.24) is 0 Å². The Kier molecular flexibility index (Phi) is 4.72. The largest absolute Gasteiger partial charge is 0.397 e. The van der Waals surface area contributed by atoms with Crippen LogP contribution in [0, 0.1) is 0 Å². The molecule has 2 rings (SSSR count). The van der Waals surface area contributed by atoms with Gasteiger partial charge in [-0.15, -0.1) is 0 Å². The van der Waals surface area contributed by atoms with Crippen molar-refractivity contribution in [3.63, 3.8) is 0 Å². The molecule has 0 amide bonds. The molecule has 0 atom stereocenters. The molecule has 1 aliphatic rings. The molecule has 2 N–H and O–H groups in total. The molecule has 0 fully saturated rings. The first-order chi connectivity index (χ1) is 9.62. The molecule has 1 aromatic rings. The molecule has 0 aliphatic carbocycles. The minimum absolute atomic E-state index is 0.0282. The molecule has 0 aromatic heterocycles. The molecule has 0 saturated carbocycles. The van der Waals surface area contributed by atoms with Gasteiger partial charge in [0.15, 0.2) is 0 Å². The number of fused-ring (bicyclic) bond motifs is 1. The van der Waals surface area contributed by atoms with Crippen LogP contribution in [0.1, 0.15) is 5.56 Å². The lowest BCUT2D eigenvalue weighted by atomic mass is 10.2. The highest BCUT2D eigenvalue weighted by Gasteiger charge is 2.36. The molecular formula is C13H21BrN2O3SSi. The van der Waals surface area contributed by atoms with E-state index >= 15 is 0 Å². The maximum atomic E-state index is 12.3. The molecule has 5 nitrogen and oxygen atoms in total. The summed E-state index contributed by atoms with van der Waals surface area (Å²) in [5.74, 6) is -0.0364. The minimum atomic E-state index is -3.40. The molecule has 1 heterocycles. The zero-order valence-corrected chi connectivity index (χ0v) is 15.9. The van der Waals surface area contributed by atoms with Crippen LogP contribution < -0.4 is 10.0 Å². The van der Waals surface area contributed by atoms with Gasteiger partial charge in [0, 0.05) is 24.7 Å². The standard InChI is InChI=1S/C13H21BrN2O3SSi/c1-21(2,3)7-6-19-9-16-13-10(8-20(16,17)18)11(14)4-5-12(13)15/h4-5H,6-9,15H2,1-3H3. The number of ether oxygens (including phenoxy) is 1. The van der Waals surface area contributed by atoms with E-state index < -0.39 is 18.1 Å². The second-order valence-electron chi connectivity index (χ2n) is 6.42. The molecule has 118 valence electrons. The summed E-state index contributed by atoms with van der Waals surface area (Å²) >= 11 is 3.39. The van der Waals surface area contributed by atoms with E-state index in [1.807, 2.05) is 0 Å². The maximum absolute atomic E-state index is 12.3. The lowest BCUT2D eigenvalue weighted by Crippen LogP contribution is -2.31. The molecule has 0 saturated heterocycles. The van der Waals surface area contributed by atoms with Crippen molar-refractivity contribution in [2.75, 3.05) is 23.4 Å². The van der Waals surface area contributed by atoms with Crippen molar-refractivity contribution >= 4 is 45.4 Å². The predicted molar refractivity (Wildman–Crippen MR) is 92.6 cm³/mol. The van der Waals surface area contributed by atoms with Crippen molar-refractivity contribution in [1.29, 1.82) is 0 Å². The van der Waals surface area contributed by atoms with Gasteiger partial charge in [0.2, 0.25) is 10.0 Å².